The van der Waals surface area contributed by atoms with Crippen molar-refractivity contribution in [1.82, 2.24) is 9.13 Å². The number of allylic oxidation sites excluding steroid dienone is 3. The summed E-state index contributed by atoms with van der Waals surface area (Å²) in [5.41, 5.74) is 11.3. The predicted octanol–water partition coefficient (Wildman–Crippen LogP) is 13.6. The third-order valence-corrected chi connectivity index (χ3v) is 13.8. The van der Waals surface area contributed by atoms with Gasteiger partial charge in [-0.15, -0.1) is 23.1 Å². The Morgan fingerprint density at radius 3 is 1.87 bits per heavy atom. The number of para-hydroxylation sites is 2. The Kier molecular flexibility index (Phi) is 6.02. The Balaban J connectivity index is 1.01. The van der Waals surface area contributed by atoms with Gasteiger partial charge < -0.3 is 9.13 Å². The van der Waals surface area contributed by atoms with Crippen LogP contribution < -0.4 is 0 Å². The highest BCUT2D eigenvalue weighted by Gasteiger charge is 2.32. The maximum Gasteiger partial charge on any atom is 0.0541 e. The molecule has 0 saturated carbocycles. The minimum absolute atomic E-state index is 0.386. The van der Waals surface area contributed by atoms with E-state index >= 15 is 0 Å². The lowest BCUT2D eigenvalue weighted by Crippen LogP contribution is -2.11. The summed E-state index contributed by atoms with van der Waals surface area (Å²) < 4.78 is 7.57. The quantitative estimate of drug-likeness (QED) is 0.179. The van der Waals surface area contributed by atoms with Crippen molar-refractivity contribution >= 4 is 92.6 Å². The molecule has 0 amide bonds. The molecule has 3 aromatic heterocycles. The molecule has 0 saturated heterocycles. The minimum Gasteiger partial charge on any atom is -0.310 e. The molecule has 0 bridgehead atoms. The number of nitrogens with zero attached hydrogens (tertiary/aromatic N) is 2. The van der Waals surface area contributed by atoms with Gasteiger partial charge in [-0.1, -0.05) is 97.1 Å². The Hall–Kier alpha value is -5.81. The molecule has 10 aromatic rings. The van der Waals surface area contributed by atoms with Gasteiger partial charge in [-0.05, 0) is 89.5 Å². The summed E-state index contributed by atoms with van der Waals surface area (Å²) in [5, 5.41) is 8.21. The summed E-state index contributed by atoms with van der Waals surface area (Å²) >= 11 is 3.86. The molecular formula is C48H30N2S2. The first-order chi connectivity index (χ1) is 25.8. The normalized spacial score (nSPS) is 16.8. The van der Waals surface area contributed by atoms with Gasteiger partial charge in [0.05, 0.1) is 22.1 Å². The van der Waals surface area contributed by atoms with E-state index in [0.717, 1.165) is 0 Å². The van der Waals surface area contributed by atoms with E-state index in [1.165, 1.54) is 96.8 Å². The molecule has 0 radical (unpaired) electrons. The van der Waals surface area contributed by atoms with Gasteiger partial charge in [0.2, 0.25) is 0 Å². The number of thioether (sulfide) groups is 1. The van der Waals surface area contributed by atoms with Crippen molar-refractivity contribution in [1.29, 1.82) is 0 Å². The topological polar surface area (TPSA) is 9.86 Å². The number of benzene rings is 7. The molecule has 4 heterocycles. The standard InChI is InChI=1S/C48H30N2S2/c1-5-13-41-33(9-1)37-25-29(17-21-43(37)49(41)31-19-23-47-39(27-31)35-11-3-7-15-45(35)51-47)30-18-22-44-38(26-30)34-10-2-6-14-42(34)50(44)32-20-24-48-40(28-32)36-12-4-8-16-46(36)52-48/h1-28,39,47H. The lowest BCUT2D eigenvalue weighted by atomic mass is 9.91. The van der Waals surface area contributed by atoms with Gasteiger partial charge in [-0.2, -0.15) is 0 Å². The zero-order valence-electron chi connectivity index (χ0n) is 28.0. The van der Waals surface area contributed by atoms with Crippen molar-refractivity contribution in [2.45, 2.75) is 16.1 Å². The number of fused-ring (bicyclic) bond motifs is 12. The van der Waals surface area contributed by atoms with Crippen LogP contribution in [0.2, 0.25) is 0 Å². The summed E-state index contributed by atoms with van der Waals surface area (Å²) in [6.07, 6.45) is 7.24. The molecule has 2 aliphatic rings. The Morgan fingerprint density at radius 1 is 0.462 bits per heavy atom. The van der Waals surface area contributed by atoms with Gasteiger partial charge >= 0.3 is 0 Å². The van der Waals surface area contributed by atoms with Crippen molar-refractivity contribution in [3.8, 4) is 16.8 Å². The van der Waals surface area contributed by atoms with E-state index in [9.17, 15) is 0 Å². The average molecular weight is 699 g/mol. The monoisotopic (exact) mass is 698 g/mol. The fraction of sp³-hybridized carbons (Fsp3) is 0.0417. The maximum atomic E-state index is 2.49. The van der Waals surface area contributed by atoms with Crippen LogP contribution in [0.1, 0.15) is 11.5 Å². The van der Waals surface area contributed by atoms with Crippen LogP contribution in [-0.4, -0.2) is 14.4 Å². The number of hydrogen-bond donors (Lipinski definition) is 0. The van der Waals surface area contributed by atoms with Gasteiger partial charge in [0.1, 0.15) is 0 Å². The highest BCUT2D eigenvalue weighted by molar-refractivity contribution is 8.00. The third kappa shape index (κ3) is 4.08. The molecule has 1 aliphatic carbocycles. The third-order valence-electron chi connectivity index (χ3n) is 11.3. The fourth-order valence-corrected chi connectivity index (χ4v) is 11.3. The van der Waals surface area contributed by atoms with Crippen molar-refractivity contribution < 1.29 is 0 Å². The van der Waals surface area contributed by atoms with E-state index in [2.05, 4.69) is 179 Å². The van der Waals surface area contributed by atoms with Crippen LogP contribution in [0.3, 0.4) is 0 Å². The highest BCUT2D eigenvalue weighted by Crippen LogP contribution is 2.50. The number of hydrogen-bond acceptors (Lipinski definition) is 2. The van der Waals surface area contributed by atoms with E-state index in [1.54, 1.807) is 0 Å². The highest BCUT2D eigenvalue weighted by atomic mass is 32.2. The summed E-state index contributed by atoms with van der Waals surface area (Å²) in [7, 11) is 0. The molecule has 12 rings (SSSR count). The molecule has 2 atom stereocenters. The summed E-state index contributed by atoms with van der Waals surface area (Å²) in [6, 6.07) is 56.4. The number of aromatic nitrogens is 2. The van der Waals surface area contributed by atoms with Gasteiger partial charge in [0.25, 0.3) is 0 Å². The Bertz CT molecular complexity index is 3190. The van der Waals surface area contributed by atoms with Crippen LogP contribution in [0, 0.1) is 0 Å². The van der Waals surface area contributed by atoms with E-state index in [1.807, 2.05) is 23.1 Å². The molecule has 52 heavy (non-hydrogen) atoms. The van der Waals surface area contributed by atoms with Crippen LogP contribution in [0.15, 0.2) is 175 Å². The molecule has 0 fully saturated rings. The van der Waals surface area contributed by atoms with Gasteiger partial charge in [0, 0.05) is 69.2 Å². The second-order valence-electron chi connectivity index (χ2n) is 14.0. The minimum atomic E-state index is 0.386. The SMILES string of the molecule is C1=CC2Sc3ccccc3C2C=C1n1c2ccccc2c2cc(-c3ccc4c(c3)c3ccccc3n4-c3ccc4sc5ccccc5c4c3)ccc21. The average Bonchev–Trinajstić information content (AvgIpc) is 3.94. The second kappa shape index (κ2) is 10.8. The van der Waals surface area contributed by atoms with E-state index in [4.69, 9.17) is 0 Å². The molecule has 1 aliphatic heterocycles. The van der Waals surface area contributed by atoms with Gasteiger partial charge in [-0.3, -0.25) is 0 Å². The first-order valence-corrected chi connectivity index (χ1v) is 19.6. The summed E-state index contributed by atoms with van der Waals surface area (Å²) in [5.74, 6) is 0.386. The molecule has 4 heteroatoms. The van der Waals surface area contributed by atoms with E-state index < -0.39 is 0 Å². The molecule has 7 aromatic carbocycles. The van der Waals surface area contributed by atoms with E-state index in [-0.39, 0.29) is 0 Å². The molecule has 0 spiro atoms. The van der Waals surface area contributed by atoms with E-state index in [0.29, 0.717) is 11.2 Å². The van der Waals surface area contributed by atoms with Crippen LogP contribution in [0.5, 0.6) is 0 Å². The molecule has 0 N–H and O–H groups in total. The van der Waals surface area contributed by atoms with Crippen molar-refractivity contribution in [3.63, 3.8) is 0 Å². The Labute approximate surface area is 308 Å². The van der Waals surface area contributed by atoms with Crippen molar-refractivity contribution in [3.05, 3.63) is 175 Å². The molecule has 2 unspecified atom stereocenters. The first-order valence-electron chi connectivity index (χ1n) is 17.9. The van der Waals surface area contributed by atoms with Crippen LogP contribution >= 0.6 is 23.1 Å². The van der Waals surface area contributed by atoms with Crippen LogP contribution in [0.4, 0.5) is 0 Å². The van der Waals surface area contributed by atoms with Crippen LogP contribution in [0.25, 0.3) is 86.3 Å². The predicted molar refractivity (Wildman–Crippen MR) is 224 cm³/mol. The van der Waals surface area contributed by atoms with Gasteiger partial charge in [0.15, 0.2) is 0 Å². The molecule has 244 valence electrons. The second-order valence-corrected chi connectivity index (χ2v) is 16.3. The Morgan fingerprint density at radius 2 is 1.08 bits per heavy atom. The summed E-state index contributed by atoms with van der Waals surface area (Å²) in [4.78, 5) is 1.41. The van der Waals surface area contributed by atoms with Crippen molar-refractivity contribution in [2.24, 2.45) is 0 Å². The van der Waals surface area contributed by atoms with Gasteiger partial charge in [-0.25, -0.2) is 0 Å². The molecule has 2 nitrogen and oxygen atoms in total. The maximum absolute atomic E-state index is 2.49. The number of thiophene rings is 1. The lowest BCUT2D eigenvalue weighted by molar-refractivity contribution is 0.876. The smallest absolute Gasteiger partial charge is 0.0541 e. The fourth-order valence-electron chi connectivity index (χ4n) is 8.90. The summed E-state index contributed by atoms with van der Waals surface area (Å²) in [6.45, 7) is 0. The van der Waals surface area contributed by atoms with Crippen molar-refractivity contribution in [2.75, 3.05) is 0 Å². The largest absolute Gasteiger partial charge is 0.310 e. The number of rotatable bonds is 3. The zero-order valence-corrected chi connectivity index (χ0v) is 29.7. The van der Waals surface area contributed by atoms with Crippen LogP contribution in [-0.2, 0) is 0 Å². The zero-order chi connectivity index (χ0) is 33.9. The molecular weight excluding hydrogens is 669 g/mol. The lowest BCUT2D eigenvalue weighted by Gasteiger charge is -2.21. The first kappa shape index (κ1) is 28.8.